The number of rotatable bonds is 2. The minimum Gasteiger partial charge on any atom is -0.497 e. The van der Waals surface area contributed by atoms with Gasteiger partial charge in [-0.05, 0) is 58.7 Å². The van der Waals surface area contributed by atoms with Crippen LogP contribution in [0.25, 0.3) is 0 Å². The third-order valence-electron chi connectivity index (χ3n) is 7.04. The van der Waals surface area contributed by atoms with E-state index in [1.165, 1.54) is 4.90 Å². The first kappa shape index (κ1) is 19.8. The van der Waals surface area contributed by atoms with Crippen molar-refractivity contribution in [3.05, 3.63) is 93.0 Å². The van der Waals surface area contributed by atoms with Crippen molar-refractivity contribution in [3.8, 4) is 5.75 Å². The molecular weight excluding hydrogens is 449 g/mol. The Bertz CT molecular complexity index is 1270. The average Bonchev–Trinajstić information content (AvgIpc) is 3.06. The molecule has 1 fully saturated rings. The first-order valence-electron chi connectivity index (χ1n) is 10.2. The zero-order chi connectivity index (χ0) is 22.4. The Morgan fingerprint density at radius 2 is 1.44 bits per heavy atom. The molecule has 2 atom stereocenters. The molecule has 0 spiro atoms. The van der Waals surface area contributed by atoms with Crippen LogP contribution in [0.2, 0.25) is 10.0 Å². The van der Waals surface area contributed by atoms with Crippen molar-refractivity contribution >= 4 is 40.7 Å². The number of imide groups is 1. The van der Waals surface area contributed by atoms with E-state index in [0.29, 0.717) is 43.7 Å². The summed E-state index contributed by atoms with van der Waals surface area (Å²) in [5, 5.41) is 13.1. The number of carbonyl (C=O) groups excluding carboxylic acids is 2. The molecule has 3 aromatic carbocycles. The fraction of sp³-hybridized carbons (Fsp3) is 0.200. The highest BCUT2D eigenvalue weighted by Gasteiger charge is 2.68. The number of benzene rings is 3. The highest BCUT2D eigenvalue weighted by Crippen LogP contribution is 2.65. The lowest BCUT2D eigenvalue weighted by molar-refractivity contribution is -0.133. The van der Waals surface area contributed by atoms with Gasteiger partial charge in [0.15, 0.2) is 0 Å². The summed E-state index contributed by atoms with van der Waals surface area (Å²) in [5.41, 5.74) is 1.16. The summed E-state index contributed by atoms with van der Waals surface area (Å²) in [6.45, 7) is 0. The van der Waals surface area contributed by atoms with Crippen molar-refractivity contribution in [2.45, 2.75) is 11.5 Å². The van der Waals surface area contributed by atoms with Crippen LogP contribution in [0, 0.1) is 11.8 Å². The molecule has 7 rings (SSSR count). The van der Waals surface area contributed by atoms with E-state index in [0.717, 1.165) is 0 Å². The maximum atomic E-state index is 13.8. The molecule has 1 heterocycles. The van der Waals surface area contributed by atoms with E-state index < -0.39 is 29.3 Å². The fourth-order valence-electron chi connectivity index (χ4n) is 5.81. The molecule has 2 amide bonds. The summed E-state index contributed by atoms with van der Waals surface area (Å²) in [5.74, 6) is -2.50. The normalized spacial score (nSPS) is 27.2. The zero-order valence-electron chi connectivity index (χ0n) is 16.9. The van der Waals surface area contributed by atoms with Crippen molar-refractivity contribution < 1.29 is 19.4 Å². The number of nitrogens with zero attached hydrogens (tertiary/aromatic N) is 1. The van der Waals surface area contributed by atoms with E-state index in [2.05, 4.69) is 0 Å². The van der Waals surface area contributed by atoms with E-state index >= 15 is 0 Å². The molecule has 2 unspecified atom stereocenters. The van der Waals surface area contributed by atoms with Crippen LogP contribution >= 0.6 is 23.2 Å². The fourth-order valence-corrected chi connectivity index (χ4v) is 6.39. The zero-order valence-corrected chi connectivity index (χ0v) is 18.4. The number of carbonyl (C=O) groups is 2. The van der Waals surface area contributed by atoms with Crippen LogP contribution in [-0.2, 0) is 15.2 Å². The average molecular weight is 466 g/mol. The van der Waals surface area contributed by atoms with E-state index in [1.54, 1.807) is 67.8 Å². The monoisotopic (exact) mass is 465 g/mol. The Morgan fingerprint density at radius 3 is 1.97 bits per heavy atom. The summed E-state index contributed by atoms with van der Waals surface area (Å²) in [4.78, 5) is 28.7. The SMILES string of the molecule is COc1ccc(N2C(=O)C3C4c5c(Cl)cccc5C(O)(c5cccc(Cl)c54)C3C2=O)cc1. The van der Waals surface area contributed by atoms with Crippen molar-refractivity contribution in [2.24, 2.45) is 11.8 Å². The lowest BCUT2D eigenvalue weighted by atomic mass is 9.52. The van der Waals surface area contributed by atoms with Gasteiger partial charge in [0.2, 0.25) is 11.8 Å². The number of hydrogen-bond acceptors (Lipinski definition) is 4. The summed E-state index contributed by atoms with van der Waals surface area (Å²) in [6.07, 6.45) is 0. The van der Waals surface area contributed by atoms with Gasteiger partial charge in [-0.3, -0.25) is 9.59 Å². The number of hydrogen-bond donors (Lipinski definition) is 1. The molecule has 1 saturated heterocycles. The first-order valence-corrected chi connectivity index (χ1v) is 11.0. The molecule has 0 saturated carbocycles. The van der Waals surface area contributed by atoms with Crippen molar-refractivity contribution in [2.75, 3.05) is 12.0 Å². The maximum absolute atomic E-state index is 13.8. The molecule has 4 aliphatic rings. The summed E-state index contributed by atoms with van der Waals surface area (Å²) < 4.78 is 5.19. The molecule has 0 radical (unpaired) electrons. The van der Waals surface area contributed by atoms with Gasteiger partial charge < -0.3 is 9.84 Å². The van der Waals surface area contributed by atoms with Gasteiger partial charge in [0.25, 0.3) is 0 Å². The third-order valence-corrected chi connectivity index (χ3v) is 7.70. The molecule has 5 nitrogen and oxygen atoms in total. The van der Waals surface area contributed by atoms with Crippen molar-refractivity contribution in [3.63, 3.8) is 0 Å². The molecule has 7 heteroatoms. The molecule has 2 bridgehead atoms. The highest BCUT2D eigenvalue weighted by atomic mass is 35.5. The Labute approximate surface area is 194 Å². The van der Waals surface area contributed by atoms with Gasteiger partial charge in [0.1, 0.15) is 11.4 Å². The quantitative estimate of drug-likeness (QED) is 0.565. The van der Waals surface area contributed by atoms with Crippen LogP contribution in [-0.4, -0.2) is 24.0 Å². The van der Waals surface area contributed by atoms with Crippen LogP contribution < -0.4 is 9.64 Å². The maximum Gasteiger partial charge on any atom is 0.241 e. The molecule has 3 aliphatic carbocycles. The molecule has 0 aromatic heterocycles. The van der Waals surface area contributed by atoms with Gasteiger partial charge >= 0.3 is 0 Å². The van der Waals surface area contributed by atoms with Gasteiger partial charge in [0, 0.05) is 16.0 Å². The Morgan fingerprint density at radius 1 is 0.875 bits per heavy atom. The number of aliphatic hydroxyl groups is 1. The van der Waals surface area contributed by atoms with E-state index in [-0.39, 0.29) is 5.91 Å². The number of methoxy groups -OCH3 is 1. The molecule has 1 aliphatic heterocycles. The highest BCUT2D eigenvalue weighted by molar-refractivity contribution is 6.33. The Kier molecular flexibility index (Phi) is 4.07. The second-order valence-electron chi connectivity index (χ2n) is 8.36. The second-order valence-corrected chi connectivity index (χ2v) is 9.17. The van der Waals surface area contributed by atoms with Crippen LogP contribution in [0.4, 0.5) is 5.69 Å². The van der Waals surface area contributed by atoms with E-state index in [4.69, 9.17) is 27.9 Å². The summed E-state index contributed by atoms with van der Waals surface area (Å²) in [6, 6.07) is 17.2. The largest absolute Gasteiger partial charge is 0.497 e. The van der Waals surface area contributed by atoms with Gasteiger partial charge in [-0.25, -0.2) is 4.90 Å². The lowest BCUT2D eigenvalue weighted by Gasteiger charge is -2.51. The van der Waals surface area contributed by atoms with Crippen LogP contribution in [0.1, 0.15) is 28.2 Å². The molecule has 3 aromatic rings. The predicted octanol–water partition coefficient (Wildman–Crippen LogP) is 4.50. The van der Waals surface area contributed by atoms with Crippen molar-refractivity contribution in [1.29, 1.82) is 0 Å². The lowest BCUT2D eigenvalue weighted by Crippen LogP contribution is -2.53. The standard InChI is InChI=1S/C25H17Cl2NO4/c1-32-13-10-8-12(9-11-13)28-23(29)21-20-18-14(4-2-6-16(18)26)25(31,22(21)24(28)30)15-5-3-7-17(27)19(15)20/h2-11,20-22,31H,1H3. The van der Waals surface area contributed by atoms with Crippen LogP contribution in [0.15, 0.2) is 60.7 Å². The minimum absolute atomic E-state index is 0.371. The number of ether oxygens (including phenoxy) is 1. The van der Waals surface area contributed by atoms with E-state index in [1.807, 2.05) is 0 Å². The predicted molar refractivity (Wildman–Crippen MR) is 120 cm³/mol. The van der Waals surface area contributed by atoms with E-state index in [9.17, 15) is 14.7 Å². The summed E-state index contributed by atoms with van der Waals surface area (Å²) >= 11 is 13.2. The minimum atomic E-state index is -1.71. The smallest absolute Gasteiger partial charge is 0.241 e. The number of halogens is 2. The summed E-state index contributed by atoms with van der Waals surface area (Å²) in [7, 11) is 1.55. The van der Waals surface area contributed by atoms with Gasteiger partial charge in [-0.2, -0.15) is 0 Å². The Balaban J connectivity index is 1.61. The molecule has 32 heavy (non-hydrogen) atoms. The van der Waals surface area contributed by atoms with Crippen LogP contribution in [0.3, 0.4) is 0 Å². The number of anilines is 1. The first-order chi connectivity index (χ1) is 15.4. The van der Waals surface area contributed by atoms with Crippen LogP contribution in [0.5, 0.6) is 5.75 Å². The molecular formula is C25H17Cl2NO4. The molecule has 160 valence electrons. The van der Waals surface area contributed by atoms with Crippen molar-refractivity contribution in [1.82, 2.24) is 0 Å². The number of amides is 2. The Hall–Kier alpha value is -2.86. The van der Waals surface area contributed by atoms with Gasteiger partial charge in [0.05, 0.1) is 24.6 Å². The molecule has 1 N–H and O–H groups in total. The second kappa shape index (κ2) is 6.58. The van der Waals surface area contributed by atoms with Gasteiger partial charge in [-0.15, -0.1) is 0 Å². The third kappa shape index (κ3) is 2.23. The van der Waals surface area contributed by atoms with Gasteiger partial charge in [-0.1, -0.05) is 47.5 Å². The topological polar surface area (TPSA) is 66.8 Å².